The maximum Gasteiger partial charge on any atom is 0.244 e. The molecule has 3 fully saturated rings. The van der Waals surface area contributed by atoms with Crippen LogP contribution in [-0.2, 0) is 17.9 Å². The summed E-state index contributed by atoms with van der Waals surface area (Å²) in [5.41, 5.74) is 2.37. The molecule has 0 spiro atoms. The molecule has 1 aliphatic heterocycles. The first kappa shape index (κ1) is 16.8. The summed E-state index contributed by atoms with van der Waals surface area (Å²) >= 11 is 0. The molecule has 2 aliphatic carbocycles. The van der Waals surface area contributed by atoms with Gasteiger partial charge in [0.05, 0.1) is 5.69 Å². The number of allylic oxidation sites excluding steroid dienone is 1. The van der Waals surface area contributed by atoms with Crippen molar-refractivity contribution >= 4 is 5.91 Å². The van der Waals surface area contributed by atoms with Crippen molar-refractivity contribution in [3.63, 3.8) is 0 Å². The summed E-state index contributed by atoms with van der Waals surface area (Å²) in [5, 5.41) is 11.9. The van der Waals surface area contributed by atoms with E-state index in [1.807, 2.05) is 10.8 Å². The lowest BCUT2D eigenvalue weighted by molar-refractivity contribution is -0.117. The average Bonchev–Trinajstić information content (AvgIpc) is 3.29. The van der Waals surface area contributed by atoms with Crippen LogP contribution in [0.5, 0.6) is 0 Å². The summed E-state index contributed by atoms with van der Waals surface area (Å²) in [5.74, 6) is 0.560. The van der Waals surface area contributed by atoms with E-state index in [4.69, 9.17) is 0 Å². The molecule has 0 unspecified atom stereocenters. The number of likely N-dealkylation sites (tertiary alicyclic amines) is 1. The van der Waals surface area contributed by atoms with E-state index in [0.29, 0.717) is 5.92 Å². The molecule has 0 bridgehead atoms. The molecular weight excluding hydrogens is 314 g/mol. The van der Waals surface area contributed by atoms with Crippen molar-refractivity contribution in [3.8, 4) is 0 Å². The van der Waals surface area contributed by atoms with Crippen molar-refractivity contribution in [2.45, 2.75) is 70.5 Å². The van der Waals surface area contributed by atoms with Crippen LogP contribution in [0.1, 0.15) is 57.1 Å². The molecule has 1 N–H and O–H groups in total. The molecular formula is C19H29N5O. The maximum absolute atomic E-state index is 12.2. The first-order valence-corrected chi connectivity index (χ1v) is 9.87. The van der Waals surface area contributed by atoms with Crippen LogP contribution in [-0.4, -0.2) is 44.9 Å². The smallest absolute Gasteiger partial charge is 0.244 e. The van der Waals surface area contributed by atoms with Gasteiger partial charge in [0.15, 0.2) is 0 Å². The normalized spacial score (nSPS) is 26.6. The van der Waals surface area contributed by atoms with Gasteiger partial charge in [-0.25, -0.2) is 0 Å². The molecule has 4 rings (SSSR count). The van der Waals surface area contributed by atoms with E-state index in [9.17, 15) is 4.79 Å². The van der Waals surface area contributed by atoms with Gasteiger partial charge in [-0.05, 0) is 64.0 Å². The number of hydrogen-bond donors (Lipinski definition) is 1. The summed E-state index contributed by atoms with van der Waals surface area (Å²) in [6, 6.07) is 0.274. The van der Waals surface area contributed by atoms with Crippen molar-refractivity contribution < 1.29 is 4.79 Å². The van der Waals surface area contributed by atoms with E-state index in [1.165, 1.54) is 44.3 Å². The third kappa shape index (κ3) is 4.29. The van der Waals surface area contributed by atoms with Crippen LogP contribution in [0.2, 0.25) is 0 Å². The Morgan fingerprint density at radius 3 is 2.80 bits per heavy atom. The van der Waals surface area contributed by atoms with Gasteiger partial charge < -0.3 is 5.32 Å². The van der Waals surface area contributed by atoms with E-state index in [2.05, 4.69) is 26.7 Å². The van der Waals surface area contributed by atoms with Gasteiger partial charge in [0, 0.05) is 31.4 Å². The van der Waals surface area contributed by atoms with Gasteiger partial charge in [-0.15, -0.1) is 5.10 Å². The number of nitrogens with one attached hydrogen (secondary N) is 1. The summed E-state index contributed by atoms with van der Waals surface area (Å²) in [6.07, 6.45) is 13.4. The molecule has 0 radical (unpaired) electrons. The zero-order valence-electron chi connectivity index (χ0n) is 15.0. The fraction of sp³-hybridized carbons (Fsp3) is 0.737. The molecule has 25 heavy (non-hydrogen) atoms. The number of amides is 1. The first-order valence-electron chi connectivity index (χ1n) is 9.87. The van der Waals surface area contributed by atoms with Crippen LogP contribution < -0.4 is 5.32 Å². The largest absolute Gasteiger partial charge is 0.349 e. The second-order valence-corrected chi connectivity index (χ2v) is 7.88. The van der Waals surface area contributed by atoms with Crippen molar-refractivity contribution in [1.29, 1.82) is 0 Å². The van der Waals surface area contributed by atoms with Crippen molar-refractivity contribution in [2.75, 3.05) is 13.1 Å². The summed E-state index contributed by atoms with van der Waals surface area (Å²) in [7, 11) is 0. The molecule has 136 valence electrons. The molecule has 3 aliphatic rings. The van der Waals surface area contributed by atoms with Crippen LogP contribution in [0, 0.1) is 5.92 Å². The van der Waals surface area contributed by atoms with Crippen LogP contribution in [0.15, 0.2) is 17.8 Å². The van der Waals surface area contributed by atoms with E-state index in [0.717, 1.165) is 44.5 Å². The predicted molar refractivity (Wildman–Crippen MR) is 95.7 cm³/mol. The Labute approximate surface area is 149 Å². The zero-order chi connectivity index (χ0) is 17.1. The highest BCUT2D eigenvalue weighted by Gasteiger charge is 2.29. The molecule has 1 aromatic heterocycles. The molecule has 6 heteroatoms. The van der Waals surface area contributed by atoms with Crippen molar-refractivity contribution in [1.82, 2.24) is 25.2 Å². The van der Waals surface area contributed by atoms with Gasteiger partial charge >= 0.3 is 0 Å². The van der Waals surface area contributed by atoms with Gasteiger partial charge in [0.1, 0.15) is 0 Å². The van der Waals surface area contributed by atoms with E-state index < -0.39 is 0 Å². The Bertz CT molecular complexity index is 626. The lowest BCUT2D eigenvalue weighted by atomic mass is 9.92. The number of carbonyl (C=O) groups excluding carboxylic acids is 1. The highest BCUT2D eigenvalue weighted by Crippen LogP contribution is 2.28. The lowest BCUT2D eigenvalue weighted by Crippen LogP contribution is -2.38. The monoisotopic (exact) mass is 343 g/mol. The topological polar surface area (TPSA) is 63.1 Å². The van der Waals surface area contributed by atoms with Gasteiger partial charge in [-0.1, -0.05) is 17.2 Å². The summed E-state index contributed by atoms with van der Waals surface area (Å²) < 4.78 is 1.98. The second-order valence-electron chi connectivity index (χ2n) is 7.88. The maximum atomic E-state index is 12.2. The standard InChI is InChI=1S/C19H29N5O/c25-19(11-15-5-3-6-15)20-18-8-4-7-16(18)12-24-14-17(21-22-24)13-23-9-1-2-10-23/h11,14,16,18H,1-10,12-13H2,(H,20,25)/t16-,18-/m1/s1. The third-order valence-electron chi connectivity index (χ3n) is 5.91. The number of hydrogen-bond acceptors (Lipinski definition) is 4. The Kier molecular flexibility index (Phi) is 5.15. The second kappa shape index (κ2) is 7.68. The van der Waals surface area contributed by atoms with Crippen LogP contribution in [0.3, 0.4) is 0 Å². The van der Waals surface area contributed by atoms with Gasteiger partial charge in [-0.3, -0.25) is 14.4 Å². The minimum absolute atomic E-state index is 0.0971. The minimum atomic E-state index is 0.0971. The number of carbonyl (C=O) groups is 1. The fourth-order valence-corrected chi connectivity index (χ4v) is 4.29. The summed E-state index contributed by atoms with van der Waals surface area (Å²) in [6.45, 7) is 4.13. The van der Waals surface area contributed by atoms with Crippen molar-refractivity contribution in [3.05, 3.63) is 23.5 Å². The van der Waals surface area contributed by atoms with E-state index in [-0.39, 0.29) is 11.9 Å². The summed E-state index contributed by atoms with van der Waals surface area (Å²) in [4.78, 5) is 14.6. The molecule has 0 aromatic carbocycles. The number of rotatable bonds is 6. The quantitative estimate of drug-likeness (QED) is 0.805. The first-order chi connectivity index (χ1) is 12.3. The molecule has 1 aromatic rings. The Hall–Kier alpha value is -1.69. The average molecular weight is 343 g/mol. The lowest BCUT2D eigenvalue weighted by Gasteiger charge is -2.21. The molecule has 2 heterocycles. The molecule has 1 amide bonds. The van der Waals surface area contributed by atoms with E-state index in [1.54, 1.807) is 0 Å². The Balaban J connectivity index is 1.30. The van der Waals surface area contributed by atoms with Gasteiger partial charge in [0.2, 0.25) is 5.91 Å². The third-order valence-corrected chi connectivity index (χ3v) is 5.91. The van der Waals surface area contributed by atoms with Crippen LogP contribution >= 0.6 is 0 Å². The SMILES string of the molecule is O=C(C=C1CCC1)N[C@@H]1CCC[C@@H]1Cn1cc(CN2CCCC2)nn1. The molecule has 2 atom stereocenters. The molecule has 1 saturated heterocycles. The molecule has 6 nitrogen and oxygen atoms in total. The zero-order valence-corrected chi connectivity index (χ0v) is 15.0. The van der Waals surface area contributed by atoms with Crippen molar-refractivity contribution in [2.24, 2.45) is 5.92 Å². The molecule has 2 saturated carbocycles. The van der Waals surface area contributed by atoms with Gasteiger partial charge in [0.25, 0.3) is 0 Å². The Morgan fingerprint density at radius 2 is 2.04 bits per heavy atom. The van der Waals surface area contributed by atoms with Crippen LogP contribution in [0.25, 0.3) is 0 Å². The number of nitrogens with zero attached hydrogens (tertiary/aromatic N) is 4. The number of aromatic nitrogens is 3. The minimum Gasteiger partial charge on any atom is -0.349 e. The van der Waals surface area contributed by atoms with Crippen LogP contribution in [0.4, 0.5) is 0 Å². The Morgan fingerprint density at radius 1 is 1.20 bits per heavy atom. The van der Waals surface area contributed by atoms with Gasteiger partial charge in [-0.2, -0.15) is 0 Å². The highest BCUT2D eigenvalue weighted by atomic mass is 16.1. The predicted octanol–water partition coefficient (Wildman–Crippen LogP) is 2.27. The fourth-order valence-electron chi connectivity index (χ4n) is 4.29. The highest BCUT2D eigenvalue weighted by molar-refractivity contribution is 5.88. The van der Waals surface area contributed by atoms with E-state index >= 15 is 0 Å².